The zero-order valence-corrected chi connectivity index (χ0v) is 13.1. The number of nitrogens with two attached hydrogens (primary N) is 1. The Morgan fingerprint density at radius 3 is 2.81 bits per heavy atom. The number of fused-ring (bicyclic) bond motifs is 1. The first-order valence-electron chi connectivity index (χ1n) is 6.73. The van der Waals surface area contributed by atoms with Gasteiger partial charge in [0.1, 0.15) is 22.2 Å². The second-order valence-corrected chi connectivity index (χ2v) is 6.22. The number of hydrogen-bond acceptors (Lipinski definition) is 5. The van der Waals surface area contributed by atoms with Crippen molar-refractivity contribution < 1.29 is 4.74 Å². The third-order valence-electron chi connectivity index (χ3n) is 3.60. The van der Waals surface area contributed by atoms with Crippen LogP contribution in [0.2, 0.25) is 0 Å². The zero-order valence-electron chi connectivity index (χ0n) is 12.3. The summed E-state index contributed by atoms with van der Waals surface area (Å²) in [6, 6.07) is 7.93. The van der Waals surface area contributed by atoms with Crippen molar-refractivity contribution in [3.63, 3.8) is 0 Å². The van der Waals surface area contributed by atoms with Crippen LogP contribution in [0.15, 0.2) is 24.3 Å². The highest BCUT2D eigenvalue weighted by Gasteiger charge is 2.13. The van der Waals surface area contributed by atoms with Crippen LogP contribution in [-0.4, -0.2) is 17.1 Å². The molecule has 0 saturated carbocycles. The second kappa shape index (κ2) is 5.33. The molecule has 0 saturated heterocycles. The molecule has 0 amide bonds. The molecule has 0 aliphatic heterocycles. The van der Waals surface area contributed by atoms with Crippen LogP contribution in [0.5, 0.6) is 5.75 Å². The number of aryl methyl sites for hydroxylation is 2. The predicted molar refractivity (Wildman–Crippen MR) is 87.1 cm³/mol. The van der Waals surface area contributed by atoms with Crippen LogP contribution in [0, 0.1) is 13.8 Å². The number of rotatable bonds is 3. The molecule has 2 N–H and O–H groups in total. The second-order valence-electron chi connectivity index (χ2n) is 5.02. The Morgan fingerprint density at radius 2 is 2.05 bits per heavy atom. The largest absolute Gasteiger partial charge is 0.497 e. The molecule has 1 aromatic carbocycles. The number of aromatic nitrogens is 2. The summed E-state index contributed by atoms with van der Waals surface area (Å²) in [4.78, 5) is 11.3. The molecule has 21 heavy (non-hydrogen) atoms. The highest BCUT2D eigenvalue weighted by atomic mass is 32.1. The van der Waals surface area contributed by atoms with Crippen molar-refractivity contribution >= 4 is 27.4 Å². The van der Waals surface area contributed by atoms with Gasteiger partial charge in [-0.2, -0.15) is 0 Å². The fourth-order valence-electron chi connectivity index (χ4n) is 2.37. The predicted octanol–water partition coefficient (Wildman–Crippen LogP) is 3.49. The van der Waals surface area contributed by atoms with Gasteiger partial charge in [0.05, 0.1) is 12.5 Å². The fourth-order valence-corrected chi connectivity index (χ4v) is 3.43. The molecule has 0 atom stereocenters. The number of anilines is 1. The van der Waals surface area contributed by atoms with Crippen LogP contribution in [0.25, 0.3) is 10.2 Å². The van der Waals surface area contributed by atoms with Gasteiger partial charge in [0, 0.05) is 11.3 Å². The summed E-state index contributed by atoms with van der Waals surface area (Å²) in [5.74, 6) is 2.15. The lowest BCUT2D eigenvalue weighted by atomic mass is 10.1. The topological polar surface area (TPSA) is 61.0 Å². The summed E-state index contributed by atoms with van der Waals surface area (Å²) in [6.07, 6.45) is 0.646. The van der Waals surface area contributed by atoms with Gasteiger partial charge in [0.25, 0.3) is 0 Å². The van der Waals surface area contributed by atoms with E-state index in [1.165, 1.54) is 10.4 Å². The van der Waals surface area contributed by atoms with Crippen LogP contribution in [0.1, 0.15) is 21.8 Å². The number of methoxy groups -OCH3 is 1. The molecule has 2 aromatic heterocycles. The van der Waals surface area contributed by atoms with Gasteiger partial charge in [-0.3, -0.25) is 0 Å². The smallest absolute Gasteiger partial charge is 0.136 e. The van der Waals surface area contributed by atoms with E-state index in [0.29, 0.717) is 12.2 Å². The minimum Gasteiger partial charge on any atom is -0.497 e. The number of benzene rings is 1. The van der Waals surface area contributed by atoms with Gasteiger partial charge in [0.15, 0.2) is 0 Å². The molecule has 0 spiro atoms. The van der Waals surface area contributed by atoms with Gasteiger partial charge >= 0.3 is 0 Å². The maximum absolute atomic E-state index is 6.11. The molecule has 3 aromatic rings. The van der Waals surface area contributed by atoms with E-state index in [2.05, 4.69) is 23.8 Å². The summed E-state index contributed by atoms with van der Waals surface area (Å²) < 4.78 is 5.24. The van der Waals surface area contributed by atoms with E-state index in [9.17, 15) is 0 Å². The van der Waals surface area contributed by atoms with Crippen molar-refractivity contribution in [2.45, 2.75) is 20.3 Å². The van der Waals surface area contributed by atoms with E-state index in [0.717, 1.165) is 27.4 Å². The molecule has 3 rings (SSSR count). The molecule has 5 heteroatoms. The van der Waals surface area contributed by atoms with Crippen LogP contribution in [0.3, 0.4) is 0 Å². The molecule has 0 radical (unpaired) electrons. The highest BCUT2D eigenvalue weighted by Crippen LogP contribution is 2.32. The van der Waals surface area contributed by atoms with Gasteiger partial charge in [-0.25, -0.2) is 9.97 Å². The van der Waals surface area contributed by atoms with E-state index in [1.54, 1.807) is 18.4 Å². The zero-order chi connectivity index (χ0) is 15.0. The van der Waals surface area contributed by atoms with Crippen molar-refractivity contribution in [3.05, 3.63) is 46.1 Å². The van der Waals surface area contributed by atoms with Gasteiger partial charge in [-0.15, -0.1) is 11.3 Å². The molecular weight excluding hydrogens is 282 g/mol. The van der Waals surface area contributed by atoms with Crippen LogP contribution in [-0.2, 0) is 6.42 Å². The minimum absolute atomic E-state index is 0.569. The maximum Gasteiger partial charge on any atom is 0.136 e. The van der Waals surface area contributed by atoms with Gasteiger partial charge in [-0.05, 0) is 37.1 Å². The van der Waals surface area contributed by atoms with E-state index >= 15 is 0 Å². The molecule has 0 aliphatic carbocycles. The number of hydrogen-bond donors (Lipinski definition) is 1. The Labute approximate surface area is 127 Å². The van der Waals surface area contributed by atoms with Crippen molar-refractivity contribution in [1.82, 2.24) is 9.97 Å². The lowest BCUT2D eigenvalue weighted by Gasteiger charge is -2.05. The van der Waals surface area contributed by atoms with E-state index in [-0.39, 0.29) is 0 Å². The maximum atomic E-state index is 6.11. The van der Waals surface area contributed by atoms with E-state index in [4.69, 9.17) is 10.5 Å². The van der Waals surface area contributed by atoms with E-state index < -0.39 is 0 Å². The fraction of sp³-hybridized carbons (Fsp3) is 0.250. The lowest BCUT2D eigenvalue weighted by Crippen LogP contribution is -2.01. The number of thiophene rings is 1. The Morgan fingerprint density at radius 1 is 1.24 bits per heavy atom. The number of ether oxygens (including phenoxy) is 1. The Balaban J connectivity index is 2.01. The Kier molecular flexibility index (Phi) is 3.51. The van der Waals surface area contributed by atoms with Crippen molar-refractivity contribution in [2.75, 3.05) is 12.8 Å². The summed E-state index contributed by atoms with van der Waals surface area (Å²) in [5.41, 5.74) is 8.40. The quantitative estimate of drug-likeness (QED) is 0.804. The van der Waals surface area contributed by atoms with Gasteiger partial charge in [-0.1, -0.05) is 12.1 Å². The van der Waals surface area contributed by atoms with Gasteiger partial charge < -0.3 is 10.5 Å². The lowest BCUT2D eigenvalue weighted by molar-refractivity contribution is 0.414. The van der Waals surface area contributed by atoms with Crippen molar-refractivity contribution in [1.29, 1.82) is 0 Å². The summed E-state index contributed by atoms with van der Waals surface area (Å²) >= 11 is 1.67. The summed E-state index contributed by atoms with van der Waals surface area (Å²) in [5, 5.41) is 0.992. The first kappa shape index (κ1) is 13.8. The number of nitrogen functional groups attached to an aromatic ring is 1. The first-order valence-corrected chi connectivity index (χ1v) is 7.55. The molecule has 0 aliphatic rings. The van der Waals surface area contributed by atoms with E-state index in [1.807, 2.05) is 24.3 Å². The monoisotopic (exact) mass is 299 g/mol. The minimum atomic E-state index is 0.569. The molecule has 0 fully saturated rings. The number of nitrogens with zero attached hydrogens (tertiary/aromatic N) is 2. The van der Waals surface area contributed by atoms with Gasteiger partial charge in [0.2, 0.25) is 0 Å². The SMILES string of the molecule is COc1cccc(Cc2nc(N)c3c(C)c(C)sc3n2)c1. The summed E-state index contributed by atoms with van der Waals surface area (Å²) in [6.45, 7) is 4.15. The van der Waals surface area contributed by atoms with Crippen molar-refractivity contribution in [3.8, 4) is 5.75 Å². The molecular formula is C16H17N3OS. The van der Waals surface area contributed by atoms with Crippen LogP contribution < -0.4 is 10.5 Å². The Hall–Kier alpha value is -2.14. The Bertz CT molecular complexity index is 811. The normalized spacial score (nSPS) is 11.0. The highest BCUT2D eigenvalue weighted by molar-refractivity contribution is 7.18. The third kappa shape index (κ3) is 2.56. The average molecular weight is 299 g/mol. The molecule has 4 nitrogen and oxygen atoms in total. The third-order valence-corrected chi connectivity index (χ3v) is 4.70. The first-order chi connectivity index (χ1) is 10.1. The molecule has 2 heterocycles. The molecule has 0 bridgehead atoms. The van der Waals surface area contributed by atoms with Crippen molar-refractivity contribution in [2.24, 2.45) is 0 Å². The van der Waals surface area contributed by atoms with Crippen LogP contribution in [0.4, 0.5) is 5.82 Å². The molecule has 0 unspecified atom stereocenters. The standard InChI is InChI=1S/C16H17N3OS/c1-9-10(2)21-16-14(9)15(17)18-13(19-16)8-11-5-4-6-12(7-11)20-3/h4-7H,8H2,1-3H3,(H2,17,18,19). The van der Waals surface area contributed by atoms with Crippen LogP contribution >= 0.6 is 11.3 Å². The average Bonchev–Trinajstić information content (AvgIpc) is 2.74. The molecule has 108 valence electrons. The summed E-state index contributed by atoms with van der Waals surface area (Å²) in [7, 11) is 1.66.